The lowest BCUT2D eigenvalue weighted by molar-refractivity contribution is -0.154. The van der Waals surface area contributed by atoms with Crippen molar-refractivity contribution in [2.45, 2.75) is 77.7 Å². The van der Waals surface area contributed by atoms with Gasteiger partial charge in [0.2, 0.25) is 5.91 Å². The van der Waals surface area contributed by atoms with Gasteiger partial charge in [0.1, 0.15) is 11.4 Å². The highest BCUT2D eigenvalue weighted by atomic mass is 35.5. The van der Waals surface area contributed by atoms with E-state index in [2.05, 4.69) is 15.6 Å². The molecule has 6 nitrogen and oxygen atoms in total. The number of rotatable bonds is 8. The molecule has 0 radical (unpaired) electrons. The molecule has 1 heterocycles. The van der Waals surface area contributed by atoms with E-state index >= 15 is 0 Å². The molecule has 1 amide bonds. The average molecular weight is 460 g/mol. The highest BCUT2D eigenvalue weighted by Gasteiger charge is 2.19. The molecule has 2 aromatic rings. The third-order valence-corrected chi connectivity index (χ3v) is 5.88. The molecule has 3 rings (SSSR count). The predicted molar refractivity (Wildman–Crippen MR) is 130 cm³/mol. The maximum atomic E-state index is 12.6. The molecule has 0 bridgehead atoms. The van der Waals surface area contributed by atoms with Gasteiger partial charge in [0, 0.05) is 24.8 Å². The molecule has 1 aromatic carbocycles. The van der Waals surface area contributed by atoms with Crippen LogP contribution in [0.2, 0.25) is 5.02 Å². The summed E-state index contributed by atoms with van der Waals surface area (Å²) in [7, 11) is 0. The lowest BCUT2D eigenvalue weighted by atomic mass is 9.87. The van der Waals surface area contributed by atoms with Crippen molar-refractivity contribution in [2.24, 2.45) is 5.92 Å². The van der Waals surface area contributed by atoms with Crippen LogP contribution < -0.4 is 10.6 Å². The van der Waals surface area contributed by atoms with Gasteiger partial charge in [-0.25, -0.2) is 4.98 Å². The minimum Gasteiger partial charge on any atom is -0.460 e. The second-order valence-corrected chi connectivity index (χ2v) is 9.97. The van der Waals surface area contributed by atoms with Crippen LogP contribution in [0.4, 0.5) is 11.5 Å². The van der Waals surface area contributed by atoms with Gasteiger partial charge in [-0.15, -0.1) is 0 Å². The fourth-order valence-corrected chi connectivity index (χ4v) is 4.30. The summed E-state index contributed by atoms with van der Waals surface area (Å²) in [5, 5.41) is 7.59. The lowest BCUT2D eigenvalue weighted by Gasteiger charge is -2.21. The molecule has 1 aliphatic carbocycles. The molecule has 0 atom stereocenters. The van der Waals surface area contributed by atoms with Crippen LogP contribution in [-0.2, 0) is 14.3 Å². The van der Waals surface area contributed by atoms with E-state index in [-0.39, 0.29) is 11.9 Å². The number of esters is 1. The Labute approximate surface area is 195 Å². The fourth-order valence-electron chi connectivity index (χ4n) is 4.09. The van der Waals surface area contributed by atoms with Gasteiger partial charge in [0.05, 0.1) is 16.2 Å². The monoisotopic (exact) mass is 459 g/mol. The van der Waals surface area contributed by atoms with Crippen LogP contribution >= 0.6 is 11.6 Å². The molecule has 0 spiro atoms. The third kappa shape index (κ3) is 7.37. The molecule has 1 fully saturated rings. The highest BCUT2D eigenvalue weighted by Crippen LogP contribution is 2.32. The zero-order valence-electron chi connectivity index (χ0n) is 19.3. The molecule has 1 aromatic heterocycles. The molecule has 1 saturated carbocycles. The highest BCUT2D eigenvalue weighted by molar-refractivity contribution is 6.35. The number of anilines is 2. The van der Waals surface area contributed by atoms with Crippen molar-refractivity contribution in [1.29, 1.82) is 0 Å². The normalized spacial score (nSPS) is 14.9. The Morgan fingerprint density at radius 2 is 1.88 bits per heavy atom. The Balaban J connectivity index is 1.58. The van der Waals surface area contributed by atoms with Crippen molar-refractivity contribution in [3.8, 4) is 0 Å². The summed E-state index contributed by atoms with van der Waals surface area (Å²) in [4.78, 5) is 29.1. The standard InChI is InChI=1S/C25H34ClN3O3/c1-25(2,3)32-23(31)10-7-15-27-21-14-11-18-20(28-21)13-12-19(26)24(18)29-22(30)16-17-8-5-4-6-9-17/h11-14,17H,4-10,15-16H2,1-3H3,(H,27,28)(H,29,30). The zero-order chi connectivity index (χ0) is 23.1. The number of hydrogen-bond donors (Lipinski definition) is 2. The summed E-state index contributed by atoms with van der Waals surface area (Å²) in [5.74, 6) is 0.986. The van der Waals surface area contributed by atoms with Crippen LogP contribution in [0.5, 0.6) is 0 Å². The van der Waals surface area contributed by atoms with E-state index in [0.29, 0.717) is 48.3 Å². The van der Waals surface area contributed by atoms with Gasteiger partial charge < -0.3 is 15.4 Å². The summed E-state index contributed by atoms with van der Waals surface area (Å²) >= 11 is 6.41. The Morgan fingerprint density at radius 1 is 1.12 bits per heavy atom. The molecule has 0 saturated heterocycles. The SMILES string of the molecule is CC(C)(C)OC(=O)CCCNc1ccc2c(NC(=O)CC3CCCCC3)c(Cl)ccc2n1. The number of amides is 1. The summed E-state index contributed by atoms with van der Waals surface area (Å²) < 4.78 is 5.32. The number of nitrogens with one attached hydrogen (secondary N) is 2. The van der Waals surface area contributed by atoms with Crippen LogP contribution in [0.1, 0.15) is 72.1 Å². The largest absolute Gasteiger partial charge is 0.460 e. The number of fused-ring (bicyclic) bond motifs is 1. The van der Waals surface area contributed by atoms with Crippen molar-refractivity contribution in [3.05, 3.63) is 29.3 Å². The Morgan fingerprint density at radius 3 is 2.59 bits per heavy atom. The second kappa shape index (κ2) is 11.0. The van der Waals surface area contributed by atoms with Crippen LogP contribution in [-0.4, -0.2) is 29.0 Å². The molecule has 0 aliphatic heterocycles. The first-order valence-electron chi connectivity index (χ1n) is 11.6. The Hall–Kier alpha value is -2.34. The van der Waals surface area contributed by atoms with Gasteiger partial charge in [-0.05, 0) is 70.2 Å². The number of benzene rings is 1. The molecule has 1 aliphatic rings. The van der Waals surface area contributed by atoms with Crippen LogP contribution in [0.3, 0.4) is 0 Å². The number of carbonyl (C=O) groups excluding carboxylic acids is 2. The maximum absolute atomic E-state index is 12.6. The van der Waals surface area contributed by atoms with E-state index in [4.69, 9.17) is 16.3 Å². The van der Waals surface area contributed by atoms with Gasteiger partial charge in [-0.1, -0.05) is 30.9 Å². The molecule has 7 heteroatoms. The minimum absolute atomic E-state index is 0.00986. The van der Waals surface area contributed by atoms with E-state index < -0.39 is 5.60 Å². The Kier molecular flexibility index (Phi) is 8.35. The van der Waals surface area contributed by atoms with Crippen molar-refractivity contribution >= 4 is 45.9 Å². The molecule has 2 N–H and O–H groups in total. The van der Waals surface area contributed by atoms with Gasteiger partial charge in [-0.3, -0.25) is 9.59 Å². The molecule has 174 valence electrons. The lowest BCUT2D eigenvalue weighted by Crippen LogP contribution is -2.24. The number of ether oxygens (including phenoxy) is 1. The number of halogens is 1. The number of hydrogen-bond acceptors (Lipinski definition) is 5. The van der Waals surface area contributed by atoms with E-state index in [1.54, 1.807) is 6.07 Å². The fraction of sp³-hybridized carbons (Fsp3) is 0.560. The average Bonchev–Trinajstić information content (AvgIpc) is 2.73. The van der Waals surface area contributed by atoms with E-state index in [9.17, 15) is 9.59 Å². The van der Waals surface area contributed by atoms with Crippen LogP contribution in [0.25, 0.3) is 10.9 Å². The molecular weight excluding hydrogens is 426 g/mol. The molecule has 32 heavy (non-hydrogen) atoms. The van der Waals surface area contributed by atoms with Gasteiger partial charge in [0.25, 0.3) is 0 Å². The quantitative estimate of drug-likeness (QED) is 0.356. The minimum atomic E-state index is -0.463. The summed E-state index contributed by atoms with van der Waals surface area (Å²) in [6.45, 7) is 6.19. The van der Waals surface area contributed by atoms with E-state index in [1.807, 2.05) is 39.0 Å². The molecule has 0 unspecified atom stereocenters. The number of nitrogens with zero attached hydrogens (tertiary/aromatic N) is 1. The van der Waals surface area contributed by atoms with E-state index in [1.165, 1.54) is 19.3 Å². The number of carbonyl (C=O) groups is 2. The summed E-state index contributed by atoms with van der Waals surface area (Å²) in [5.41, 5.74) is 0.906. The van der Waals surface area contributed by atoms with Gasteiger partial charge in [-0.2, -0.15) is 0 Å². The number of pyridine rings is 1. The van der Waals surface area contributed by atoms with Crippen molar-refractivity contribution in [2.75, 3.05) is 17.2 Å². The topological polar surface area (TPSA) is 80.3 Å². The van der Waals surface area contributed by atoms with Gasteiger partial charge >= 0.3 is 5.97 Å². The predicted octanol–water partition coefficient (Wildman–Crippen LogP) is 6.33. The van der Waals surface area contributed by atoms with Crippen LogP contribution in [0.15, 0.2) is 24.3 Å². The summed E-state index contributed by atoms with van der Waals surface area (Å²) in [6.07, 6.45) is 7.49. The van der Waals surface area contributed by atoms with Gasteiger partial charge in [0.15, 0.2) is 0 Å². The van der Waals surface area contributed by atoms with Crippen molar-refractivity contribution in [3.63, 3.8) is 0 Å². The van der Waals surface area contributed by atoms with Crippen molar-refractivity contribution < 1.29 is 14.3 Å². The summed E-state index contributed by atoms with van der Waals surface area (Å²) in [6, 6.07) is 7.39. The first kappa shape index (κ1) is 24.3. The van der Waals surface area contributed by atoms with E-state index in [0.717, 1.165) is 23.7 Å². The first-order chi connectivity index (χ1) is 15.2. The molecular formula is C25H34ClN3O3. The third-order valence-electron chi connectivity index (χ3n) is 5.57. The smallest absolute Gasteiger partial charge is 0.306 e. The Bertz CT molecular complexity index is 949. The zero-order valence-corrected chi connectivity index (χ0v) is 20.1. The maximum Gasteiger partial charge on any atom is 0.306 e. The first-order valence-corrected chi connectivity index (χ1v) is 11.9. The second-order valence-electron chi connectivity index (χ2n) is 9.56. The van der Waals surface area contributed by atoms with Crippen LogP contribution in [0, 0.1) is 5.92 Å². The van der Waals surface area contributed by atoms with Crippen molar-refractivity contribution in [1.82, 2.24) is 4.98 Å². The number of aromatic nitrogens is 1.